The van der Waals surface area contributed by atoms with E-state index in [1.54, 1.807) is 31.2 Å². The van der Waals surface area contributed by atoms with Crippen LogP contribution in [0.4, 0.5) is 5.69 Å². The number of primary amides is 1. The van der Waals surface area contributed by atoms with Crippen molar-refractivity contribution in [2.24, 2.45) is 5.73 Å². The molecule has 1 heterocycles. The predicted octanol–water partition coefficient (Wildman–Crippen LogP) is -0.310. The van der Waals surface area contributed by atoms with Gasteiger partial charge in [0.1, 0.15) is 0 Å². The third-order valence-electron chi connectivity index (χ3n) is 4.11. The van der Waals surface area contributed by atoms with Gasteiger partial charge in [-0.1, -0.05) is 0 Å². The van der Waals surface area contributed by atoms with Gasteiger partial charge in [0, 0.05) is 37.4 Å². The van der Waals surface area contributed by atoms with Gasteiger partial charge >= 0.3 is 0 Å². The van der Waals surface area contributed by atoms with Crippen molar-refractivity contribution in [3.8, 4) is 0 Å². The van der Waals surface area contributed by atoms with Gasteiger partial charge in [0.05, 0.1) is 12.3 Å². The smallest absolute Gasteiger partial charge is 0.248 e. The number of piperazine rings is 1. The molecule has 0 saturated carbocycles. The highest BCUT2D eigenvalue weighted by atomic mass is 32.2. The number of nitrogens with two attached hydrogens (primary N) is 1. The number of hydrogen-bond acceptors (Lipinski definition) is 5. The first-order valence-corrected chi connectivity index (χ1v) is 9.43. The Hall–Kier alpha value is -1.97. The van der Waals surface area contributed by atoms with Gasteiger partial charge in [0.15, 0.2) is 0 Å². The first-order valence-electron chi connectivity index (χ1n) is 7.58. The highest BCUT2D eigenvalue weighted by Gasteiger charge is 2.28. The number of rotatable bonds is 5. The maximum Gasteiger partial charge on any atom is 0.248 e. The van der Waals surface area contributed by atoms with E-state index in [9.17, 15) is 18.0 Å². The van der Waals surface area contributed by atoms with Crippen molar-refractivity contribution in [3.63, 3.8) is 0 Å². The largest absolute Gasteiger partial charge is 0.366 e. The van der Waals surface area contributed by atoms with Gasteiger partial charge in [-0.25, -0.2) is 8.42 Å². The SMILES string of the molecule is CC(C(=O)Nc1ccc(C(N)=O)cc1)N1CCN(S(C)(=O)=O)CC1. The molecule has 0 aliphatic carbocycles. The molecule has 0 aromatic heterocycles. The lowest BCUT2D eigenvalue weighted by atomic mass is 10.2. The Morgan fingerprint density at radius 2 is 1.67 bits per heavy atom. The van der Waals surface area contributed by atoms with Gasteiger partial charge in [-0.2, -0.15) is 4.31 Å². The van der Waals surface area contributed by atoms with Crippen LogP contribution < -0.4 is 11.1 Å². The summed E-state index contributed by atoms with van der Waals surface area (Å²) in [4.78, 5) is 25.3. The van der Waals surface area contributed by atoms with Gasteiger partial charge in [0.2, 0.25) is 21.8 Å². The van der Waals surface area contributed by atoms with Crippen LogP contribution in [0.3, 0.4) is 0 Å². The first-order chi connectivity index (χ1) is 11.2. The second kappa shape index (κ2) is 7.29. The molecule has 24 heavy (non-hydrogen) atoms. The summed E-state index contributed by atoms with van der Waals surface area (Å²) in [5.74, 6) is -0.709. The molecule has 132 valence electrons. The fourth-order valence-electron chi connectivity index (χ4n) is 2.55. The van der Waals surface area contributed by atoms with E-state index in [0.717, 1.165) is 0 Å². The number of amides is 2. The van der Waals surface area contributed by atoms with Gasteiger partial charge in [0.25, 0.3) is 0 Å². The standard InChI is InChI=1S/C15H22N4O4S/c1-11(18-7-9-19(10-8-18)24(2,22)23)15(21)17-13-5-3-12(4-6-13)14(16)20/h3-6,11H,7-10H2,1-2H3,(H2,16,20)(H,17,21). The number of carbonyl (C=O) groups excluding carboxylic acids is 2. The summed E-state index contributed by atoms with van der Waals surface area (Å²) in [6.45, 7) is 3.54. The second-order valence-corrected chi connectivity index (χ2v) is 7.79. The highest BCUT2D eigenvalue weighted by Crippen LogP contribution is 2.13. The normalized spacial score (nSPS) is 18.1. The van der Waals surface area contributed by atoms with Crippen LogP contribution in [0.25, 0.3) is 0 Å². The Morgan fingerprint density at radius 1 is 1.12 bits per heavy atom. The first kappa shape index (κ1) is 18.4. The van der Waals surface area contributed by atoms with Crippen LogP contribution in [-0.2, 0) is 14.8 Å². The molecule has 2 amide bonds. The van der Waals surface area contributed by atoms with E-state index in [1.165, 1.54) is 10.6 Å². The maximum atomic E-state index is 12.3. The van der Waals surface area contributed by atoms with Crippen LogP contribution in [0, 0.1) is 0 Å². The molecule has 3 N–H and O–H groups in total. The number of sulfonamides is 1. The van der Waals surface area contributed by atoms with Crippen molar-refractivity contribution in [2.45, 2.75) is 13.0 Å². The summed E-state index contributed by atoms with van der Waals surface area (Å²) >= 11 is 0. The van der Waals surface area contributed by atoms with E-state index in [-0.39, 0.29) is 11.9 Å². The number of benzene rings is 1. The lowest BCUT2D eigenvalue weighted by Crippen LogP contribution is -2.53. The van der Waals surface area contributed by atoms with E-state index in [1.807, 2.05) is 4.90 Å². The van der Waals surface area contributed by atoms with Crippen LogP contribution in [0.15, 0.2) is 24.3 Å². The van der Waals surface area contributed by atoms with Crippen molar-refractivity contribution in [3.05, 3.63) is 29.8 Å². The number of carbonyl (C=O) groups is 2. The van der Waals surface area contributed by atoms with Crippen LogP contribution in [0.1, 0.15) is 17.3 Å². The Bertz CT molecular complexity index is 709. The molecule has 1 aliphatic heterocycles. The Balaban J connectivity index is 1.92. The molecule has 1 atom stereocenters. The van der Waals surface area contributed by atoms with Gasteiger partial charge in [-0.05, 0) is 31.2 Å². The average Bonchev–Trinajstić information content (AvgIpc) is 2.54. The van der Waals surface area contributed by atoms with E-state index >= 15 is 0 Å². The topological polar surface area (TPSA) is 113 Å². The molecule has 9 heteroatoms. The molecule has 1 aromatic carbocycles. The Morgan fingerprint density at radius 3 is 2.12 bits per heavy atom. The predicted molar refractivity (Wildman–Crippen MR) is 91.0 cm³/mol. The lowest BCUT2D eigenvalue weighted by Gasteiger charge is -2.36. The van der Waals surface area contributed by atoms with E-state index in [4.69, 9.17) is 5.73 Å². The van der Waals surface area contributed by atoms with Crippen LogP contribution in [-0.4, -0.2) is 67.9 Å². The number of anilines is 1. The molecule has 1 saturated heterocycles. The van der Waals surface area contributed by atoms with Crippen molar-refractivity contribution in [1.82, 2.24) is 9.21 Å². The highest BCUT2D eigenvalue weighted by molar-refractivity contribution is 7.88. The van der Waals surface area contributed by atoms with Crippen molar-refractivity contribution in [1.29, 1.82) is 0 Å². The molecule has 1 fully saturated rings. The summed E-state index contributed by atoms with van der Waals surface area (Å²) in [5, 5.41) is 2.78. The molecule has 1 aliphatic rings. The zero-order valence-corrected chi connectivity index (χ0v) is 14.5. The minimum absolute atomic E-state index is 0.186. The van der Waals surface area contributed by atoms with Gasteiger partial charge < -0.3 is 11.1 Å². The molecule has 0 radical (unpaired) electrons. The summed E-state index contributed by atoms with van der Waals surface area (Å²) in [6.07, 6.45) is 1.19. The fraction of sp³-hybridized carbons (Fsp3) is 0.467. The van der Waals surface area contributed by atoms with E-state index in [2.05, 4.69) is 5.32 Å². The van der Waals surface area contributed by atoms with Gasteiger partial charge in [-0.15, -0.1) is 0 Å². The summed E-state index contributed by atoms with van der Waals surface area (Å²) in [5.41, 5.74) is 6.12. The molecule has 1 aromatic rings. The minimum atomic E-state index is -3.19. The zero-order valence-electron chi connectivity index (χ0n) is 13.7. The fourth-order valence-corrected chi connectivity index (χ4v) is 3.38. The summed E-state index contributed by atoms with van der Waals surface area (Å²) in [7, 11) is -3.19. The second-order valence-electron chi connectivity index (χ2n) is 5.80. The monoisotopic (exact) mass is 354 g/mol. The molecular weight excluding hydrogens is 332 g/mol. The van der Waals surface area contributed by atoms with Crippen molar-refractivity contribution >= 4 is 27.5 Å². The molecule has 2 rings (SSSR count). The zero-order chi connectivity index (χ0) is 17.9. The quantitative estimate of drug-likeness (QED) is 0.753. The van der Waals surface area contributed by atoms with E-state index in [0.29, 0.717) is 37.4 Å². The Kier molecular flexibility index (Phi) is 5.58. The van der Waals surface area contributed by atoms with E-state index < -0.39 is 15.9 Å². The van der Waals surface area contributed by atoms with Gasteiger partial charge in [-0.3, -0.25) is 14.5 Å². The van der Waals surface area contributed by atoms with Crippen molar-refractivity contribution in [2.75, 3.05) is 37.8 Å². The average molecular weight is 354 g/mol. The third kappa shape index (κ3) is 4.53. The van der Waals surface area contributed by atoms with Crippen LogP contribution >= 0.6 is 0 Å². The molecular formula is C15H22N4O4S. The lowest BCUT2D eigenvalue weighted by molar-refractivity contribution is -0.121. The molecule has 1 unspecified atom stereocenters. The van der Waals surface area contributed by atoms with Crippen LogP contribution in [0.2, 0.25) is 0 Å². The molecule has 0 spiro atoms. The molecule has 0 bridgehead atoms. The molecule has 8 nitrogen and oxygen atoms in total. The summed E-state index contributed by atoms with van der Waals surface area (Å²) in [6, 6.07) is 5.95. The summed E-state index contributed by atoms with van der Waals surface area (Å²) < 4.78 is 24.4. The third-order valence-corrected chi connectivity index (χ3v) is 5.41. The number of nitrogens with zero attached hydrogens (tertiary/aromatic N) is 2. The maximum absolute atomic E-state index is 12.3. The number of hydrogen-bond donors (Lipinski definition) is 2. The number of nitrogens with one attached hydrogen (secondary N) is 1. The Labute approximate surface area is 141 Å². The van der Waals surface area contributed by atoms with Crippen molar-refractivity contribution < 1.29 is 18.0 Å². The van der Waals surface area contributed by atoms with Crippen LogP contribution in [0.5, 0.6) is 0 Å². The minimum Gasteiger partial charge on any atom is -0.366 e.